The Morgan fingerprint density at radius 2 is 2.27 bits per heavy atom. The van der Waals surface area contributed by atoms with Crippen LogP contribution in [0.4, 0.5) is 0 Å². The molecule has 3 rings (SSSR count). The average molecular weight is 322 g/mol. The van der Waals surface area contributed by atoms with Crippen LogP contribution in [0.3, 0.4) is 0 Å². The first-order valence-corrected chi connectivity index (χ1v) is 8.01. The second-order valence-corrected chi connectivity index (χ2v) is 6.10. The van der Waals surface area contributed by atoms with Crippen LogP contribution in [0.1, 0.15) is 5.89 Å². The number of likely N-dealkylation sites (N-methyl/N-ethyl adjacent to an activating group) is 1. The Balaban J connectivity index is 1.53. The number of ether oxygens (including phenoxy) is 1. The third-order valence-electron chi connectivity index (χ3n) is 3.38. The molecule has 8 heteroatoms. The van der Waals surface area contributed by atoms with Gasteiger partial charge in [-0.1, -0.05) is 11.2 Å². The fourth-order valence-electron chi connectivity index (χ4n) is 2.26. The van der Waals surface area contributed by atoms with Gasteiger partial charge in [-0.25, -0.2) is 0 Å². The number of nitrogens with zero attached hydrogens (tertiary/aromatic N) is 4. The first kappa shape index (κ1) is 15.1. The van der Waals surface area contributed by atoms with E-state index in [-0.39, 0.29) is 5.91 Å². The van der Waals surface area contributed by atoms with Gasteiger partial charge in [0.05, 0.1) is 31.2 Å². The van der Waals surface area contributed by atoms with Gasteiger partial charge in [-0.3, -0.25) is 9.69 Å². The van der Waals surface area contributed by atoms with Crippen molar-refractivity contribution in [3.8, 4) is 10.7 Å². The Hall–Kier alpha value is -1.77. The second kappa shape index (κ2) is 6.99. The van der Waals surface area contributed by atoms with E-state index in [1.54, 1.807) is 11.3 Å². The summed E-state index contributed by atoms with van der Waals surface area (Å²) in [6.45, 7) is 3.34. The zero-order chi connectivity index (χ0) is 15.4. The minimum atomic E-state index is 0.101. The van der Waals surface area contributed by atoms with Crippen LogP contribution in [0.15, 0.2) is 22.0 Å². The molecule has 0 spiro atoms. The normalized spacial score (nSPS) is 15.5. The van der Waals surface area contributed by atoms with E-state index in [2.05, 4.69) is 10.1 Å². The molecule has 22 heavy (non-hydrogen) atoms. The van der Waals surface area contributed by atoms with Crippen LogP contribution in [0, 0.1) is 0 Å². The lowest BCUT2D eigenvalue weighted by Crippen LogP contribution is -2.44. The number of aromatic nitrogens is 2. The minimum absolute atomic E-state index is 0.101. The van der Waals surface area contributed by atoms with Gasteiger partial charge >= 0.3 is 0 Å². The van der Waals surface area contributed by atoms with Crippen LogP contribution in [-0.4, -0.2) is 65.7 Å². The van der Waals surface area contributed by atoms with Crippen LogP contribution in [0.2, 0.25) is 0 Å². The number of hydrogen-bond donors (Lipinski definition) is 0. The van der Waals surface area contributed by atoms with Crippen LogP contribution >= 0.6 is 11.3 Å². The largest absolute Gasteiger partial charge is 0.378 e. The summed E-state index contributed by atoms with van der Waals surface area (Å²) < 4.78 is 10.5. The standard InChI is InChI=1S/C14H18N4O3S/c1-17(10-13(19)18-4-6-20-7-5-18)9-12-15-14(16-21-12)11-3-2-8-22-11/h2-3,8H,4-7,9-10H2,1H3. The van der Waals surface area contributed by atoms with Crippen LogP contribution in [0.5, 0.6) is 0 Å². The number of hydrogen-bond acceptors (Lipinski definition) is 7. The monoisotopic (exact) mass is 322 g/mol. The summed E-state index contributed by atoms with van der Waals surface area (Å²) in [7, 11) is 1.87. The van der Waals surface area contributed by atoms with E-state index < -0.39 is 0 Å². The molecule has 3 heterocycles. The molecular weight excluding hydrogens is 304 g/mol. The third kappa shape index (κ3) is 3.70. The van der Waals surface area contributed by atoms with Crippen molar-refractivity contribution in [3.63, 3.8) is 0 Å². The highest BCUT2D eigenvalue weighted by Gasteiger charge is 2.19. The number of rotatable bonds is 5. The first-order chi connectivity index (χ1) is 10.7. The summed E-state index contributed by atoms with van der Waals surface area (Å²) >= 11 is 1.57. The molecule has 0 aromatic carbocycles. The topological polar surface area (TPSA) is 71.7 Å². The average Bonchev–Trinajstić information content (AvgIpc) is 3.19. The fraction of sp³-hybridized carbons (Fsp3) is 0.500. The van der Waals surface area contributed by atoms with Crippen molar-refractivity contribution in [3.05, 3.63) is 23.4 Å². The predicted molar refractivity (Wildman–Crippen MR) is 81.3 cm³/mol. The highest BCUT2D eigenvalue weighted by molar-refractivity contribution is 7.13. The third-order valence-corrected chi connectivity index (χ3v) is 4.25. The van der Waals surface area contributed by atoms with E-state index in [9.17, 15) is 4.79 Å². The molecule has 118 valence electrons. The van der Waals surface area contributed by atoms with Crippen LogP contribution in [-0.2, 0) is 16.1 Å². The molecule has 1 amide bonds. The van der Waals surface area contributed by atoms with E-state index in [0.29, 0.717) is 51.1 Å². The van der Waals surface area contributed by atoms with Gasteiger partial charge in [0.2, 0.25) is 17.6 Å². The lowest BCUT2D eigenvalue weighted by molar-refractivity contribution is -0.136. The number of morpholine rings is 1. The van der Waals surface area contributed by atoms with Crippen LogP contribution in [0.25, 0.3) is 10.7 Å². The molecule has 0 bridgehead atoms. The van der Waals surface area contributed by atoms with Gasteiger partial charge in [0.15, 0.2) is 0 Å². The van der Waals surface area contributed by atoms with Gasteiger partial charge in [-0.2, -0.15) is 4.98 Å². The van der Waals surface area contributed by atoms with Gasteiger partial charge in [-0.05, 0) is 18.5 Å². The number of carbonyl (C=O) groups excluding carboxylic acids is 1. The quantitative estimate of drug-likeness (QED) is 0.820. The van der Waals surface area contributed by atoms with E-state index in [1.807, 2.05) is 34.4 Å². The molecule has 2 aromatic heterocycles. The Labute approximate surface area is 132 Å². The number of amides is 1. The summed E-state index contributed by atoms with van der Waals surface area (Å²) in [6.07, 6.45) is 0. The molecule has 1 aliphatic rings. The van der Waals surface area contributed by atoms with Crippen molar-refractivity contribution in [2.75, 3.05) is 39.9 Å². The molecule has 0 saturated carbocycles. The zero-order valence-corrected chi connectivity index (χ0v) is 13.2. The van der Waals surface area contributed by atoms with Crippen molar-refractivity contribution < 1.29 is 14.1 Å². The summed E-state index contributed by atoms with van der Waals surface area (Å²) in [5.41, 5.74) is 0. The molecule has 0 atom stereocenters. The Morgan fingerprint density at radius 1 is 1.45 bits per heavy atom. The molecule has 0 aliphatic carbocycles. The van der Waals surface area contributed by atoms with E-state index >= 15 is 0 Å². The maximum atomic E-state index is 12.2. The van der Waals surface area contributed by atoms with Gasteiger partial charge in [-0.15, -0.1) is 11.3 Å². The summed E-state index contributed by atoms with van der Waals surface area (Å²) in [5.74, 6) is 1.21. The van der Waals surface area contributed by atoms with Gasteiger partial charge in [0, 0.05) is 13.1 Å². The lowest BCUT2D eigenvalue weighted by atomic mass is 10.3. The maximum Gasteiger partial charge on any atom is 0.241 e. The van der Waals surface area contributed by atoms with Crippen molar-refractivity contribution in [2.24, 2.45) is 0 Å². The Morgan fingerprint density at radius 3 is 3.00 bits per heavy atom. The SMILES string of the molecule is CN(CC(=O)N1CCOCC1)Cc1nc(-c2cccs2)no1. The van der Waals surface area contributed by atoms with Crippen LogP contribution < -0.4 is 0 Å². The van der Waals surface area contributed by atoms with Crippen molar-refractivity contribution >= 4 is 17.2 Å². The lowest BCUT2D eigenvalue weighted by Gasteiger charge is -2.28. The van der Waals surface area contributed by atoms with E-state index in [0.717, 1.165) is 4.88 Å². The first-order valence-electron chi connectivity index (χ1n) is 7.13. The van der Waals surface area contributed by atoms with Crippen molar-refractivity contribution in [1.29, 1.82) is 0 Å². The highest BCUT2D eigenvalue weighted by Crippen LogP contribution is 2.21. The van der Waals surface area contributed by atoms with Gasteiger partial charge in [0.1, 0.15) is 0 Å². The summed E-state index contributed by atoms with van der Waals surface area (Å²) in [5, 5.41) is 5.94. The second-order valence-electron chi connectivity index (χ2n) is 5.15. The van der Waals surface area contributed by atoms with Gasteiger partial charge < -0.3 is 14.2 Å². The molecule has 1 fully saturated rings. The predicted octanol–water partition coefficient (Wildman–Crippen LogP) is 1.09. The van der Waals surface area contributed by atoms with Crippen molar-refractivity contribution in [1.82, 2.24) is 19.9 Å². The van der Waals surface area contributed by atoms with Gasteiger partial charge in [0.25, 0.3) is 0 Å². The molecule has 0 unspecified atom stereocenters. The molecule has 0 N–H and O–H groups in total. The maximum absolute atomic E-state index is 12.2. The van der Waals surface area contributed by atoms with E-state index in [4.69, 9.17) is 9.26 Å². The highest BCUT2D eigenvalue weighted by atomic mass is 32.1. The summed E-state index contributed by atoms with van der Waals surface area (Å²) in [4.78, 5) is 21.2. The molecule has 1 aliphatic heterocycles. The smallest absolute Gasteiger partial charge is 0.241 e. The molecule has 7 nitrogen and oxygen atoms in total. The Kier molecular flexibility index (Phi) is 4.81. The number of carbonyl (C=O) groups is 1. The fourth-order valence-corrected chi connectivity index (χ4v) is 2.90. The number of thiophene rings is 1. The molecule has 1 saturated heterocycles. The molecule has 0 radical (unpaired) electrons. The van der Waals surface area contributed by atoms with Crippen molar-refractivity contribution in [2.45, 2.75) is 6.54 Å². The Bertz CT molecular complexity index is 607. The zero-order valence-electron chi connectivity index (χ0n) is 12.4. The minimum Gasteiger partial charge on any atom is -0.378 e. The molecular formula is C14H18N4O3S. The summed E-state index contributed by atoms with van der Waals surface area (Å²) in [6, 6.07) is 3.90. The molecule has 2 aromatic rings. The van der Waals surface area contributed by atoms with E-state index in [1.165, 1.54) is 0 Å².